The van der Waals surface area contributed by atoms with Gasteiger partial charge in [0, 0.05) is 19.8 Å². The summed E-state index contributed by atoms with van der Waals surface area (Å²) >= 11 is 0. The van der Waals surface area contributed by atoms with Gasteiger partial charge in [-0.15, -0.1) is 0 Å². The number of methoxy groups -OCH3 is 1. The van der Waals surface area contributed by atoms with Crippen LogP contribution in [-0.4, -0.2) is 26.8 Å². The molecule has 18 heavy (non-hydrogen) atoms. The molecule has 1 rings (SSSR count). The molecule has 1 aromatic rings. The minimum Gasteiger partial charge on any atom is -0.385 e. The first-order chi connectivity index (χ1) is 8.77. The van der Waals surface area contributed by atoms with Crippen molar-refractivity contribution < 1.29 is 4.74 Å². The van der Waals surface area contributed by atoms with Crippen LogP contribution in [-0.2, 0) is 11.2 Å². The number of aryl methyl sites for hydroxylation is 2. The van der Waals surface area contributed by atoms with Crippen LogP contribution in [0.5, 0.6) is 0 Å². The van der Waals surface area contributed by atoms with E-state index >= 15 is 0 Å². The summed E-state index contributed by atoms with van der Waals surface area (Å²) in [6.45, 7) is 3.08. The average molecular weight is 249 g/mol. The maximum Gasteiger partial charge on any atom is 0.0462 e. The molecule has 0 bridgehead atoms. The molecule has 0 spiro atoms. The van der Waals surface area contributed by atoms with E-state index in [1.807, 2.05) is 0 Å². The molecule has 1 aromatic carbocycles. The van der Waals surface area contributed by atoms with Gasteiger partial charge in [0.2, 0.25) is 0 Å². The number of rotatable bonds is 9. The second-order valence-corrected chi connectivity index (χ2v) is 4.94. The highest BCUT2D eigenvalue weighted by atomic mass is 16.5. The third-order valence-corrected chi connectivity index (χ3v) is 3.58. The molecule has 0 aliphatic heterocycles. The van der Waals surface area contributed by atoms with Crippen LogP contribution >= 0.6 is 0 Å². The fourth-order valence-electron chi connectivity index (χ4n) is 2.29. The summed E-state index contributed by atoms with van der Waals surface area (Å²) in [7, 11) is 3.84. The molecule has 1 atom stereocenters. The normalized spacial score (nSPS) is 12.6. The number of hydrogen-bond donors (Lipinski definition) is 1. The van der Waals surface area contributed by atoms with Gasteiger partial charge < -0.3 is 10.1 Å². The maximum atomic E-state index is 5.08. The predicted octanol–water partition coefficient (Wildman–Crippen LogP) is 3.33. The average Bonchev–Trinajstić information content (AvgIpc) is 2.40. The summed E-state index contributed by atoms with van der Waals surface area (Å²) in [5.41, 5.74) is 2.89. The lowest BCUT2D eigenvalue weighted by atomic mass is 9.98. The molecule has 0 aromatic heterocycles. The first-order valence-corrected chi connectivity index (χ1v) is 6.98. The van der Waals surface area contributed by atoms with E-state index in [0.717, 1.165) is 6.61 Å². The van der Waals surface area contributed by atoms with Gasteiger partial charge in [-0.1, -0.05) is 24.3 Å². The van der Waals surface area contributed by atoms with Crippen molar-refractivity contribution in [3.05, 3.63) is 35.4 Å². The molecule has 2 nitrogen and oxygen atoms in total. The zero-order valence-corrected chi connectivity index (χ0v) is 12.0. The van der Waals surface area contributed by atoms with E-state index in [0.29, 0.717) is 6.04 Å². The molecule has 0 amide bonds. The zero-order valence-electron chi connectivity index (χ0n) is 12.0. The Balaban J connectivity index is 2.29. The van der Waals surface area contributed by atoms with E-state index < -0.39 is 0 Å². The van der Waals surface area contributed by atoms with Crippen LogP contribution in [0, 0.1) is 6.92 Å². The number of hydrogen-bond acceptors (Lipinski definition) is 2. The molecule has 0 heterocycles. The summed E-state index contributed by atoms with van der Waals surface area (Å²) in [4.78, 5) is 0. The molecular formula is C16H27NO. The van der Waals surface area contributed by atoms with Gasteiger partial charge in [-0.2, -0.15) is 0 Å². The SMILES string of the molecule is CNC(CCCCOC)CCc1ccccc1C. The zero-order chi connectivity index (χ0) is 13.2. The second kappa shape index (κ2) is 9.12. The lowest BCUT2D eigenvalue weighted by Gasteiger charge is -2.16. The highest BCUT2D eigenvalue weighted by Gasteiger charge is 2.07. The summed E-state index contributed by atoms with van der Waals surface area (Å²) in [5.74, 6) is 0. The Bertz CT molecular complexity index is 325. The Hall–Kier alpha value is -0.860. The second-order valence-electron chi connectivity index (χ2n) is 4.94. The molecule has 0 saturated carbocycles. The van der Waals surface area contributed by atoms with Crippen LogP contribution in [0.4, 0.5) is 0 Å². The van der Waals surface area contributed by atoms with Gasteiger partial charge in [-0.25, -0.2) is 0 Å². The first-order valence-electron chi connectivity index (χ1n) is 6.98. The number of unbranched alkanes of at least 4 members (excludes halogenated alkanes) is 1. The standard InChI is InChI=1S/C16H27NO/c1-14-8-4-5-9-15(14)11-12-16(17-2)10-6-7-13-18-3/h4-5,8-9,16-17H,6-7,10-13H2,1-3H3. The van der Waals surface area contributed by atoms with Crippen LogP contribution in [0.2, 0.25) is 0 Å². The summed E-state index contributed by atoms with van der Waals surface area (Å²) < 4.78 is 5.08. The highest BCUT2D eigenvalue weighted by Crippen LogP contribution is 2.13. The van der Waals surface area contributed by atoms with Crippen molar-refractivity contribution in [3.8, 4) is 0 Å². The van der Waals surface area contributed by atoms with Crippen molar-refractivity contribution >= 4 is 0 Å². The van der Waals surface area contributed by atoms with Crippen molar-refractivity contribution in [3.63, 3.8) is 0 Å². The molecule has 0 fully saturated rings. The minimum absolute atomic E-state index is 0.626. The monoisotopic (exact) mass is 249 g/mol. The van der Waals surface area contributed by atoms with Gasteiger partial charge in [-0.3, -0.25) is 0 Å². The van der Waals surface area contributed by atoms with Crippen LogP contribution in [0.3, 0.4) is 0 Å². The van der Waals surface area contributed by atoms with E-state index in [1.165, 1.54) is 43.2 Å². The van der Waals surface area contributed by atoms with Crippen molar-refractivity contribution in [1.82, 2.24) is 5.32 Å². The maximum absolute atomic E-state index is 5.08. The van der Waals surface area contributed by atoms with Crippen LogP contribution in [0.25, 0.3) is 0 Å². The van der Waals surface area contributed by atoms with Gasteiger partial charge in [0.25, 0.3) is 0 Å². The quantitative estimate of drug-likeness (QED) is 0.678. The lowest BCUT2D eigenvalue weighted by Crippen LogP contribution is -2.25. The van der Waals surface area contributed by atoms with Crippen molar-refractivity contribution in [2.24, 2.45) is 0 Å². The summed E-state index contributed by atoms with van der Waals surface area (Å²) in [6, 6.07) is 9.31. The molecule has 102 valence electrons. The fraction of sp³-hybridized carbons (Fsp3) is 0.625. The van der Waals surface area contributed by atoms with Crippen LogP contribution in [0.1, 0.15) is 36.8 Å². The smallest absolute Gasteiger partial charge is 0.0462 e. The van der Waals surface area contributed by atoms with E-state index in [1.54, 1.807) is 7.11 Å². The van der Waals surface area contributed by atoms with E-state index in [-0.39, 0.29) is 0 Å². The van der Waals surface area contributed by atoms with Gasteiger partial charge >= 0.3 is 0 Å². The van der Waals surface area contributed by atoms with Gasteiger partial charge in [0.1, 0.15) is 0 Å². The molecular weight excluding hydrogens is 222 g/mol. The highest BCUT2D eigenvalue weighted by molar-refractivity contribution is 5.25. The molecule has 0 aliphatic carbocycles. The Morgan fingerprint density at radius 1 is 1.17 bits per heavy atom. The Labute approximate surface area is 112 Å². The van der Waals surface area contributed by atoms with Gasteiger partial charge in [0.05, 0.1) is 0 Å². The van der Waals surface area contributed by atoms with Crippen molar-refractivity contribution in [1.29, 1.82) is 0 Å². The lowest BCUT2D eigenvalue weighted by molar-refractivity contribution is 0.190. The van der Waals surface area contributed by atoms with E-state index in [9.17, 15) is 0 Å². The number of ether oxygens (including phenoxy) is 1. The third kappa shape index (κ3) is 5.65. The summed E-state index contributed by atoms with van der Waals surface area (Å²) in [6.07, 6.45) is 6.04. The van der Waals surface area contributed by atoms with Crippen LogP contribution in [0.15, 0.2) is 24.3 Å². The predicted molar refractivity (Wildman–Crippen MR) is 78.1 cm³/mol. The molecule has 0 saturated heterocycles. The third-order valence-electron chi connectivity index (χ3n) is 3.58. The Morgan fingerprint density at radius 2 is 1.94 bits per heavy atom. The van der Waals surface area contributed by atoms with E-state index in [2.05, 4.69) is 43.6 Å². The largest absolute Gasteiger partial charge is 0.385 e. The van der Waals surface area contributed by atoms with E-state index in [4.69, 9.17) is 4.74 Å². The van der Waals surface area contributed by atoms with Crippen molar-refractivity contribution in [2.45, 2.75) is 45.1 Å². The van der Waals surface area contributed by atoms with Gasteiger partial charge in [0.15, 0.2) is 0 Å². The van der Waals surface area contributed by atoms with Crippen LogP contribution < -0.4 is 5.32 Å². The van der Waals surface area contributed by atoms with Crippen molar-refractivity contribution in [2.75, 3.05) is 20.8 Å². The molecule has 1 N–H and O–H groups in total. The molecule has 0 aliphatic rings. The Kier molecular flexibility index (Phi) is 7.70. The number of nitrogens with one attached hydrogen (secondary N) is 1. The molecule has 1 unspecified atom stereocenters. The molecule has 0 radical (unpaired) electrons. The van der Waals surface area contributed by atoms with Gasteiger partial charge in [-0.05, 0) is 57.2 Å². The topological polar surface area (TPSA) is 21.3 Å². The fourth-order valence-corrected chi connectivity index (χ4v) is 2.29. The minimum atomic E-state index is 0.626. The molecule has 2 heteroatoms. The number of benzene rings is 1. The summed E-state index contributed by atoms with van der Waals surface area (Å²) in [5, 5.41) is 3.43. The first kappa shape index (κ1) is 15.2. The Morgan fingerprint density at radius 3 is 2.61 bits per heavy atom.